The normalized spacial score (nSPS) is 13.6. The van der Waals surface area contributed by atoms with Crippen molar-refractivity contribution in [2.24, 2.45) is 0 Å². The van der Waals surface area contributed by atoms with E-state index >= 15 is 0 Å². The van der Waals surface area contributed by atoms with Crippen molar-refractivity contribution in [2.45, 2.75) is 4.90 Å². The minimum atomic E-state index is -4.32. The molecule has 1 aromatic carbocycles. The van der Waals surface area contributed by atoms with Crippen molar-refractivity contribution in [1.29, 1.82) is 0 Å². The summed E-state index contributed by atoms with van der Waals surface area (Å²) in [6, 6.07) is 4.61. The van der Waals surface area contributed by atoms with Crippen molar-refractivity contribution < 1.29 is 25.9 Å². The Morgan fingerprint density at radius 1 is 1.36 bits per heavy atom. The average molecular weight is 238 g/mol. The van der Waals surface area contributed by atoms with E-state index in [9.17, 15) is 12.6 Å². The monoisotopic (exact) mass is 238 g/mol. The molecule has 14 heavy (non-hydrogen) atoms. The molecule has 0 bridgehead atoms. The maximum absolute atomic E-state index is 10.6. The summed E-state index contributed by atoms with van der Waals surface area (Å²) in [6.07, 6.45) is 0. The summed E-state index contributed by atoms with van der Waals surface area (Å²) < 4.78 is 52.7. The minimum absolute atomic E-state index is 0.124. The fourth-order valence-corrected chi connectivity index (χ4v) is 1.55. The molecule has 0 radical (unpaired) electrons. The lowest BCUT2D eigenvalue weighted by molar-refractivity contribution is 0.455. The lowest BCUT2D eigenvalue weighted by Crippen LogP contribution is -2.01. The number of hydrogen-bond acceptors (Lipinski definition) is 4. The van der Waals surface area contributed by atoms with Gasteiger partial charge in [0.2, 0.25) is 0 Å². The second-order valence-corrected chi connectivity index (χ2v) is 4.27. The van der Waals surface area contributed by atoms with Gasteiger partial charge in [-0.15, -0.1) is 0 Å². The highest BCUT2D eigenvalue weighted by atomic mass is 32.2. The Labute approximate surface area is 82.8 Å². The molecular weight excluding hydrogens is 232 g/mol. The number of benzene rings is 1. The van der Waals surface area contributed by atoms with E-state index in [-0.39, 0.29) is 5.75 Å². The van der Waals surface area contributed by atoms with Gasteiger partial charge >= 0.3 is 11.4 Å². The predicted molar refractivity (Wildman–Crippen MR) is 47.7 cm³/mol. The first-order chi connectivity index (χ1) is 6.39. The van der Waals surface area contributed by atoms with Crippen molar-refractivity contribution in [2.75, 3.05) is 0 Å². The molecule has 0 aliphatic carbocycles. The molecule has 0 spiro atoms. The third kappa shape index (κ3) is 3.07. The van der Waals surface area contributed by atoms with Gasteiger partial charge in [-0.1, -0.05) is 6.07 Å². The third-order valence-electron chi connectivity index (χ3n) is 1.27. The van der Waals surface area contributed by atoms with Gasteiger partial charge in [-0.05, 0) is 12.1 Å². The van der Waals surface area contributed by atoms with Crippen molar-refractivity contribution in [3.8, 4) is 5.75 Å². The van der Waals surface area contributed by atoms with Crippen molar-refractivity contribution in [3.05, 3.63) is 24.3 Å². The average Bonchev–Trinajstić information content (AvgIpc) is 2.01. The Morgan fingerprint density at radius 3 is 2.50 bits per heavy atom. The molecule has 78 valence electrons. The Hall–Kier alpha value is -0.960. The molecule has 0 saturated carbocycles. The Balaban J connectivity index is 3.08. The van der Waals surface area contributed by atoms with Gasteiger partial charge in [0.25, 0.3) is 10.1 Å². The van der Waals surface area contributed by atoms with Crippen LogP contribution in [0.25, 0.3) is 0 Å². The van der Waals surface area contributed by atoms with Gasteiger partial charge in [0.05, 0.1) is 4.90 Å². The first-order valence-electron chi connectivity index (χ1n) is 3.26. The summed E-state index contributed by atoms with van der Waals surface area (Å²) in [4.78, 5) is -0.402. The van der Waals surface area contributed by atoms with E-state index in [1.165, 1.54) is 12.1 Å². The van der Waals surface area contributed by atoms with Gasteiger partial charge < -0.3 is 4.18 Å². The van der Waals surface area contributed by atoms with Crippen molar-refractivity contribution >= 4 is 21.5 Å². The minimum Gasteiger partial charge on any atom is -0.380 e. The van der Waals surface area contributed by atoms with Crippen LogP contribution in [0.2, 0.25) is 0 Å². The van der Waals surface area contributed by atoms with Crippen molar-refractivity contribution in [1.82, 2.24) is 0 Å². The molecule has 2 N–H and O–H groups in total. The van der Waals surface area contributed by atoms with Gasteiger partial charge in [-0.25, -0.2) is 0 Å². The second-order valence-electron chi connectivity index (χ2n) is 2.25. The molecule has 6 nitrogen and oxygen atoms in total. The van der Waals surface area contributed by atoms with Gasteiger partial charge in [0.15, 0.2) is 0 Å². The quantitative estimate of drug-likeness (QED) is 0.585. The van der Waals surface area contributed by atoms with E-state index in [1.54, 1.807) is 0 Å². The Morgan fingerprint density at radius 2 is 2.00 bits per heavy atom. The van der Waals surface area contributed by atoms with Crippen LogP contribution in [0.1, 0.15) is 0 Å². The summed E-state index contributed by atoms with van der Waals surface area (Å²) >= 11 is -2.53. The van der Waals surface area contributed by atoms with Crippen LogP contribution in [0.5, 0.6) is 5.75 Å². The molecule has 0 heterocycles. The summed E-state index contributed by atoms with van der Waals surface area (Å²) in [5, 5.41) is 0. The van der Waals surface area contributed by atoms with E-state index in [0.717, 1.165) is 12.1 Å². The standard InChI is InChI=1S/C6H6O6S2/c7-13(8)12-5-2-1-3-6(4-5)14(9,10)11/h1-4H,(H,7,8)(H,9,10,11). The van der Waals surface area contributed by atoms with Crippen LogP contribution in [0.4, 0.5) is 0 Å². The first-order valence-corrected chi connectivity index (χ1v) is 5.73. The van der Waals surface area contributed by atoms with Crippen LogP contribution in [0.15, 0.2) is 29.2 Å². The Bertz CT molecular complexity index is 451. The zero-order chi connectivity index (χ0) is 10.8. The van der Waals surface area contributed by atoms with E-state index in [1.807, 2.05) is 0 Å². The first kappa shape index (κ1) is 11.1. The molecule has 0 aliphatic heterocycles. The van der Waals surface area contributed by atoms with E-state index in [4.69, 9.17) is 9.11 Å². The Kier molecular flexibility index (Phi) is 3.21. The molecular formula is C6H6O6S2. The van der Waals surface area contributed by atoms with Crippen molar-refractivity contribution in [3.63, 3.8) is 0 Å². The summed E-state index contributed by atoms with van der Waals surface area (Å²) in [5.41, 5.74) is 0. The fourth-order valence-electron chi connectivity index (χ4n) is 0.769. The van der Waals surface area contributed by atoms with Gasteiger partial charge in [0, 0.05) is 6.07 Å². The number of rotatable bonds is 3. The second kappa shape index (κ2) is 4.05. The van der Waals surface area contributed by atoms with Gasteiger partial charge in [-0.3, -0.25) is 9.11 Å². The number of hydrogen-bond donors (Lipinski definition) is 2. The van der Waals surface area contributed by atoms with Crippen LogP contribution < -0.4 is 4.18 Å². The summed E-state index contributed by atoms with van der Waals surface area (Å²) in [6.45, 7) is 0. The molecule has 1 aromatic rings. The third-order valence-corrected chi connectivity index (χ3v) is 2.46. The zero-order valence-electron chi connectivity index (χ0n) is 6.65. The summed E-state index contributed by atoms with van der Waals surface area (Å²) in [7, 11) is -4.32. The van der Waals surface area contributed by atoms with E-state index < -0.39 is 26.4 Å². The van der Waals surface area contributed by atoms with Crippen LogP contribution >= 0.6 is 0 Å². The molecule has 1 rings (SSSR count). The highest BCUT2D eigenvalue weighted by Crippen LogP contribution is 2.17. The van der Waals surface area contributed by atoms with Crippen LogP contribution in [-0.4, -0.2) is 21.7 Å². The fraction of sp³-hybridized carbons (Fsp3) is 0. The van der Waals surface area contributed by atoms with Crippen LogP contribution in [0, 0.1) is 0 Å². The lowest BCUT2D eigenvalue weighted by Gasteiger charge is -2.01. The highest BCUT2D eigenvalue weighted by molar-refractivity contribution is 7.85. The topological polar surface area (TPSA) is 101 Å². The zero-order valence-corrected chi connectivity index (χ0v) is 8.29. The largest absolute Gasteiger partial charge is 0.380 e. The van der Waals surface area contributed by atoms with E-state index in [0.29, 0.717) is 0 Å². The molecule has 8 heteroatoms. The SMILES string of the molecule is O=S(O)Oc1cccc(S(=O)(=O)O)c1. The molecule has 0 amide bonds. The predicted octanol–water partition coefficient (Wildman–Crippen LogP) is 0.449. The molecule has 1 unspecified atom stereocenters. The van der Waals surface area contributed by atoms with Gasteiger partial charge in [0.1, 0.15) is 5.75 Å². The summed E-state index contributed by atoms with van der Waals surface area (Å²) in [5.74, 6) is -0.124. The van der Waals surface area contributed by atoms with Crippen LogP contribution in [-0.2, 0) is 21.5 Å². The van der Waals surface area contributed by atoms with Gasteiger partial charge in [-0.2, -0.15) is 12.6 Å². The molecule has 1 atom stereocenters. The molecule has 0 saturated heterocycles. The molecule has 0 fully saturated rings. The lowest BCUT2D eigenvalue weighted by atomic mass is 10.3. The molecule has 0 aromatic heterocycles. The maximum Gasteiger partial charge on any atom is 0.357 e. The van der Waals surface area contributed by atoms with E-state index in [2.05, 4.69) is 4.18 Å². The highest BCUT2D eigenvalue weighted by Gasteiger charge is 2.10. The molecule has 0 aliphatic rings. The smallest absolute Gasteiger partial charge is 0.357 e. The van der Waals surface area contributed by atoms with Crippen LogP contribution in [0.3, 0.4) is 0 Å². The maximum atomic E-state index is 10.6.